The monoisotopic (exact) mass is 293 g/mol. The standard InChI is InChI=1S/C15H20BrN/c16-13-5-1-3-11(9-13)7-8-15-14-6-2-4-12(14)10-17-15/h1,3,5,9,12,14-15,17H,2,4,6-8,10H2. The molecule has 92 valence electrons. The number of aryl methyl sites for hydroxylation is 1. The lowest BCUT2D eigenvalue weighted by atomic mass is 9.90. The molecule has 0 radical (unpaired) electrons. The van der Waals surface area contributed by atoms with E-state index < -0.39 is 0 Å². The molecule has 1 aliphatic carbocycles. The fourth-order valence-corrected chi connectivity index (χ4v) is 4.08. The Labute approximate surface area is 112 Å². The Morgan fingerprint density at radius 3 is 3.12 bits per heavy atom. The number of benzene rings is 1. The van der Waals surface area contributed by atoms with Gasteiger partial charge in [-0.05, 0) is 61.8 Å². The van der Waals surface area contributed by atoms with E-state index in [1.807, 2.05) is 0 Å². The van der Waals surface area contributed by atoms with Crippen molar-refractivity contribution in [3.63, 3.8) is 0 Å². The molecule has 1 saturated heterocycles. The predicted molar refractivity (Wildman–Crippen MR) is 75.1 cm³/mol. The number of nitrogens with one attached hydrogen (secondary N) is 1. The first-order chi connectivity index (χ1) is 8.33. The van der Waals surface area contributed by atoms with E-state index in [2.05, 4.69) is 45.5 Å². The molecule has 1 heterocycles. The smallest absolute Gasteiger partial charge is 0.0177 e. The van der Waals surface area contributed by atoms with Gasteiger partial charge in [0.25, 0.3) is 0 Å². The normalized spacial score (nSPS) is 31.7. The summed E-state index contributed by atoms with van der Waals surface area (Å²) in [7, 11) is 0. The molecule has 2 fully saturated rings. The van der Waals surface area contributed by atoms with E-state index in [0.29, 0.717) is 0 Å². The Balaban J connectivity index is 1.57. The Bertz CT molecular complexity index is 390. The number of hydrogen-bond acceptors (Lipinski definition) is 1. The van der Waals surface area contributed by atoms with Crippen molar-refractivity contribution in [2.24, 2.45) is 11.8 Å². The van der Waals surface area contributed by atoms with Crippen LogP contribution in [0.2, 0.25) is 0 Å². The van der Waals surface area contributed by atoms with Crippen LogP contribution < -0.4 is 5.32 Å². The van der Waals surface area contributed by atoms with Crippen LogP contribution in [0.1, 0.15) is 31.2 Å². The summed E-state index contributed by atoms with van der Waals surface area (Å²) >= 11 is 3.55. The molecule has 2 aliphatic rings. The van der Waals surface area contributed by atoms with Gasteiger partial charge < -0.3 is 5.32 Å². The van der Waals surface area contributed by atoms with Gasteiger partial charge in [0.05, 0.1) is 0 Å². The third kappa shape index (κ3) is 2.58. The van der Waals surface area contributed by atoms with Crippen LogP contribution in [-0.4, -0.2) is 12.6 Å². The van der Waals surface area contributed by atoms with E-state index in [0.717, 1.165) is 17.9 Å². The molecular formula is C15H20BrN. The molecular weight excluding hydrogens is 274 g/mol. The van der Waals surface area contributed by atoms with Crippen molar-refractivity contribution in [1.29, 1.82) is 0 Å². The highest BCUT2D eigenvalue weighted by Gasteiger charge is 2.38. The Morgan fingerprint density at radius 2 is 2.24 bits per heavy atom. The topological polar surface area (TPSA) is 12.0 Å². The quantitative estimate of drug-likeness (QED) is 0.895. The molecule has 1 aromatic rings. The van der Waals surface area contributed by atoms with Gasteiger partial charge in [-0.2, -0.15) is 0 Å². The maximum absolute atomic E-state index is 3.73. The summed E-state index contributed by atoms with van der Waals surface area (Å²) in [6, 6.07) is 9.51. The largest absolute Gasteiger partial charge is 0.313 e. The third-order valence-electron chi connectivity index (χ3n) is 4.51. The van der Waals surface area contributed by atoms with Crippen LogP contribution >= 0.6 is 15.9 Å². The van der Waals surface area contributed by atoms with Crippen molar-refractivity contribution in [1.82, 2.24) is 5.32 Å². The van der Waals surface area contributed by atoms with Crippen molar-refractivity contribution in [2.75, 3.05) is 6.54 Å². The van der Waals surface area contributed by atoms with Gasteiger partial charge >= 0.3 is 0 Å². The average Bonchev–Trinajstić information content (AvgIpc) is 2.89. The number of rotatable bonds is 3. The lowest BCUT2D eigenvalue weighted by Gasteiger charge is -2.18. The Hall–Kier alpha value is -0.340. The van der Waals surface area contributed by atoms with Crippen LogP contribution in [0.4, 0.5) is 0 Å². The second-order valence-corrected chi connectivity index (χ2v) is 6.45. The highest BCUT2D eigenvalue weighted by Crippen LogP contribution is 2.38. The molecule has 0 aromatic heterocycles. The predicted octanol–water partition coefficient (Wildman–Crippen LogP) is 3.77. The number of hydrogen-bond donors (Lipinski definition) is 1. The zero-order chi connectivity index (χ0) is 11.7. The van der Waals surface area contributed by atoms with Gasteiger partial charge in [0, 0.05) is 10.5 Å². The Kier molecular flexibility index (Phi) is 3.53. The number of halogens is 1. The van der Waals surface area contributed by atoms with Crippen LogP contribution in [0.25, 0.3) is 0 Å². The summed E-state index contributed by atoms with van der Waals surface area (Å²) in [6.45, 7) is 1.27. The van der Waals surface area contributed by atoms with Gasteiger partial charge in [-0.15, -0.1) is 0 Å². The van der Waals surface area contributed by atoms with Gasteiger partial charge in [-0.1, -0.05) is 34.5 Å². The van der Waals surface area contributed by atoms with Crippen molar-refractivity contribution in [3.8, 4) is 0 Å². The summed E-state index contributed by atoms with van der Waals surface area (Å²) in [6.07, 6.45) is 6.90. The molecule has 2 heteroatoms. The van der Waals surface area contributed by atoms with Crippen molar-refractivity contribution in [2.45, 2.75) is 38.1 Å². The molecule has 3 unspecified atom stereocenters. The van der Waals surface area contributed by atoms with E-state index in [1.54, 1.807) is 0 Å². The summed E-state index contributed by atoms with van der Waals surface area (Å²) in [5.41, 5.74) is 1.46. The second kappa shape index (κ2) is 5.11. The molecule has 1 aliphatic heterocycles. The van der Waals surface area contributed by atoms with Crippen LogP contribution in [0.5, 0.6) is 0 Å². The van der Waals surface area contributed by atoms with E-state index in [9.17, 15) is 0 Å². The maximum atomic E-state index is 3.73. The maximum Gasteiger partial charge on any atom is 0.0177 e. The summed E-state index contributed by atoms with van der Waals surface area (Å²) < 4.78 is 1.20. The summed E-state index contributed by atoms with van der Waals surface area (Å²) in [5, 5.41) is 3.73. The zero-order valence-corrected chi connectivity index (χ0v) is 11.7. The van der Waals surface area contributed by atoms with E-state index in [4.69, 9.17) is 0 Å². The first-order valence-electron chi connectivity index (χ1n) is 6.81. The van der Waals surface area contributed by atoms with Crippen molar-refractivity contribution >= 4 is 15.9 Å². The fourth-order valence-electron chi connectivity index (χ4n) is 3.63. The first-order valence-corrected chi connectivity index (χ1v) is 7.60. The molecule has 17 heavy (non-hydrogen) atoms. The zero-order valence-electron chi connectivity index (χ0n) is 10.2. The Morgan fingerprint density at radius 1 is 1.29 bits per heavy atom. The highest BCUT2D eigenvalue weighted by atomic mass is 79.9. The van der Waals surface area contributed by atoms with Gasteiger partial charge in [0.2, 0.25) is 0 Å². The molecule has 1 nitrogen and oxygen atoms in total. The molecule has 3 atom stereocenters. The second-order valence-electron chi connectivity index (χ2n) is 5.54. The van der Waals surface area contributed by atoms with E-state index in [1.165, 1.54) is 48.7 Å². The molecule has 1 N–H and O–H groups in total. The minimum absolute atomic E-state index is 0.779. The van der Waals surface area contributed by atoms with Crippen LogP contribution in [0, 0.1) is 11.8 Å². The van der Waals surface area contributed by atoms with Gasteiger partial charge in [-0.25, -0.2) is 0 Å². The minimum atomic E-state index is 0.779. The lowest BCUT2D eigenvalue weighted by Crippen LogP contribution is -2.27. The summed E-state index contributed by atoms with van der Waals surface area (Å²) in [4.78, 5) is 0. The average molecular weight is 294 g/mol. The van der Waals surface area contributed by atoms with Crippen LogP contribution in [-0.2, 0) is 6.42 Å². The fraction of sp³-hybridized carbons (Fsp3) is 0.600. The van der Waals surface area contributed by atoms with Gasteiger partial charge in [-0.3, -0.25) is 0 Å². The van der Waals surface area contributed by atoms with Crippen LogP contribution in [0.15, 0.2) is 28.7 Å². The van der Waals surface area contributed by atoms with Crippen molar-refractivity contribution in [3.05, 3.63) is 34.3 Å². The van der Waals surface area contributed by atoms with Crippen molar-refractivity contribution < 1.29 is 0 Å². The van der Waals surface area contributed by atoms with Crippen LogP contribution in [0.3, 0.4) is 0 Å². The molecule has 0 bridgehead atoms. The third-order valence-corrected chi connectivity index (χ3v) is 5.00. The lowest BCUT2D eigenvalue weighted by molar-refractivity contribution is 0.393. The van der Waals surface area contributed by atoms with Gasteiger partial charge in [0.15, 0.2) is 0 Å². The molecule has 0 amide bonds. The molecule has 1 saturated carbocycles. The SMILES string of the molecule is Brc1cccc(CCC2NCC3CCCC32)c1. The summed E-state index contributed by atoms with van der Waals surface area (Å²) in [5.74, 6) is 1.96. The van der Waals surface area contributed by atoms with Gasteiger partial charge in [0.1, 0.15) is 0 Å². The minimum Gasteiger partial charge on any atom is -0.313 e. The molecule has 1 aromatic carbocycles. The molecule has 3 rings (SSSR count). The van der Waals surface area contributed by atoms with E-state index >= 15 is 0 Å². The first kappa shape index (κ1) is 11.7. The molecule has 0 spiro atoms. The highest BCUT2D eigenvalue weighted by molar-refractivity contribution is 9.10. The van der Waals surface area contributed by atoms with E-state index in [-0.39, 0.29) is 0 Å². The number of fused-ring (bicyclic) bond motifs is 1.